The van der Waals surface area contributed by atoms with Crippen LogP contribution in [0.15, 0.2) is 48.5 Å². The number of ether oxygens (including phenoxy) is 1. The Morgan fingerprint density at radius 2 is 1.48 bits per heavy atom. The van der Waals surface area contributed by atoms with E-state index in [1.54, 1.807) is 44.2 Å². The summed E-state index contributed by atoms with van der Waals surface area (Å²) in [5, 5.41) is 0. The molecule has 1 aliphatic rings. The molecule has 2 aromatic rings. The monoisotopic (exact) mass is 365 g/mol. The van der Waals surface area contributed by atoms with Crippen molar-refractivity contribution in [3.8, 4) is 0 Å². The number of hydrogen-bond donors (Lipinski definition) is 0. The number of benzene rings is 2. The minimum absolute atomic E-state index is 0.119. The lowest BCUT2D eigenvalue weighted by Gasteiger charge is -2.17. The molecule has 0 aliphatic carbocycles. The van der Waals surface area contributed by atoms with Gasteiger partial charge in [-0.15, -0.1) is 0 Å². The van der Waals surface area contributed by atoms with Crippen LogP contribution >= 0.6 is 0 Å². The first kappa shape index (κ1) is 18.5. The first-order chi connectivity index (χ1) is 12.8. The molecule has 6 nitrogen and oxygen atoms in total. The fraction of sp³-hybridized carbons (Fsp3) is 0.238. The average Bonchev–Trinajstić information content (AvgIpc) is 2.91. The maximum atomic E-state index is 12.4. The van der Waals surface area contributed by atoms with Gasteiger partial charge in [0.05, 0.1) is 16.7 Å². The molecule has 0 saturated heterocycles. The van der Waals surface area contributed by atoms with Gasteiger partial charge in [0.1, 0.15) is 0 Å². The van der Waals surface area contributed by atoms with Gasteiger partial charge >= 0.3 is 5.97 Å². The third kappa shape index (κ3) is 3.38. The minimum atomic E-state index is -0.974. The molecule has 138 valence electrons. The highest BCUT2D eigenvalue weighted by Gasteiger charge is 2.37. The van der Waals surface area contributed by atoms with E-state index < -0.39 is 18.0 Å². The number of carbonyl (C=O) groups excluding carboxylic acids is 4. The number of carbonyl (C=O) groups is 4. The second-order valence-corrected chi connectivity index (χ2v) is 6.61. The standard InChI is InChI=1S/C21H19NO5/c1-12(2)22-19(24)16-10-9-15(11-17(16)20(22)25)21(26)27-13(3)18(23)14-7-5-4-6-8-14/h4-13H,1-3H3. The topological polar surface area (TPSA) is 80.8 Å². The van der Waals surface area contributed by atoms with Crippen LogP contribution in [0.3, 0.4) is 0 Å². The van der Waals surface area contributed by atoms with Crippen LogP contribution in [0.5, 0.6) is 0 Å². The number of imide groups is 1. The Morgan fingerprint density at radius 1 is 0.852 bits per heavy atom. The van der Waals surface area contributed by atoms with E-state index in [2.05, 4.69) is 0 Å². The van der Waals surface area contributed by atoms with Crippen molar-refractivity contribution in [1.29, 1.82) is 0 Å². The van der Waals surface area contributed by atoms with Crippen molar-refractivity contribution in [2.45, 2.75) is 32.9 Å². The van der Waals surface area contributed by atoms with Crippen molar-refractivity contribution in [3.05, 3.63) is 70.8 Å². The number of hydrogen-bond acceptors (Lipinski definition) is 5. The highest BCUT2D eigenvalue weighted by atomic mass is 16.5. The lowest BCUT2D eigenvalue weighted by Crippen LogP contribution is -2.35. The van der Waals surface area contributed by atoms with Crippen molar-refractivity contribution in [1.82, 2.24) is 4.90 Å². The molecule has 2 aromatic carbocycles. The highest BCUT2D eigenvalue weighted by Crippen LogP contribution is 2.26. The number of ketones is 1. The number of Topliss-reactive ketones (excluding diaryl/α,β-unsaturated/α-hetero) is 1. The summed E-state index contributed by atoms with van der Waals surface area (Å²) < 4.78 is 5.25. The van der Waals surface area contributed by atoms with E-state index in [-0.39, 0.29) is 34.4 Å². The molecule has 27 heavy (non-hydrogen) atoms. The van der Waals surface area contributed by atoms with Crippen molar-refractivity contribution < 1.29 is 23.9 Å². The van der Waals surface area contributed by atoms with Crippen LogP contribution in [-0.2, 0) is 4.74 Å². The Bertz CT molecular complexity index is 933. The van der Waals surface area contributed by atoms with E-state index in [1.807, 2.05) is 0 Å². The molecule has 0 saturated carbocycles. The normalized spacial score (nSPS) is 14.3. The summed E-state index contributed by atoms with van der Waals surface area (Å²) in [6.07, 6.45) is -0.974. The second-order valence-electron chi connectivity index (χ2n) is 6.61. The van der Waals surface area contributed by atoms with Crippen molar-refractivity contribution in [2.24, 2.45) is 0 Å². The van der Waals surface area contributed by atoms with Crippen LogP contribution in [0.1, 0.15) is 62.2 Å². The number of fused-ring (bicyclic) bond motifs is 1. The third-order valence-electron chi connectivity index (χ3n) is 4.38. The van der Waals surface area contributed by atoms with Gasteiger partial charge in [0.2, 0.25) is 5.78 Å². The molecule has 6 heteroatoms. The van der Waals surface area contributed by atoms with Crippen LogP contribution in [0, 0.1) is 0 Å². The van der Waals surface area contributed by atoms with Crippen LogP contribution in [0.4, 0.5) is 0 Å². The summed E-state index contributed by atoms with van der Waals surface area (Å²) in [6.45, 7) is 4.98. The summed E-state index contributed by atoms with van der Waals surface area (Å²) in [6, 6.07) is 12.5. The Morgan fingerprint density at radius 3 is 2.11 bits per heavy atom. The van der Waals surface area contributed by atoms with Crippen molar-refractivity contribution in [2.75, 3.05) is 0 Å². The molecule has 0 N–H and O–H groups in total. The van der Waals surface area contributed by atoms with Gasteiger partial charge in [-0.25, -0.2) is 4.79 Å². The first-order valence-corrected chi connectivity index (χ1v) is 8.63. The molecule has 0 aromatic heterocycles. The Labute approximate surface area is 156 Å². The van der Waals surface area contributed by atoms with Gasteiger partial charge in [-0.1, -0.05) is 30.3 Å². The van der Waals surface area contributed by atoms with Gasteiger partial charge in [0, 0.05) is 11.6 Å². The molecule has 3 rings (SSSR count). The molecule has 1 atom stereocenters. The van der Waals surface area contributed by atoms with Gasteiger partial charge in [0.25, 0.3) is 11.8 Å². The number of amides is 2. The first-order valence-electron chi connectivity index (χ1n) is 8.63. The number of nitrogens with zero attached hydrogens (tertiary/aromatic N) is 1. The molecule has 1 unspecified atom stereocenters. The predicted octanol–water partition coefficient (Wildman–Crippen LogP) is 3.12. The minimum Gasteiger partial charge on any atom is -0.451 e. The van der Waals surface area contributed by atoms with E-state index >= 15 is 0 Å². The molecule has 0 spiro atoms. The van der Waals surface area contributed by atoms with E-state index in [1.165, 1.54) is 25.1 Å². The third-order valence-corrected chi connectivity index (χ3v) is 4.38. The molecular weight excluding hydrogens is 346 g/mol. The maximum absolute atomic E-state index is 12.4. The zero-order valence-electron chi connectivity index (χ0n) is 15.3. The van der Waals surface area contributed by atoms with Gasteiger partial charge in [0.15, 0.2) is 6.10 Å². The van der Waals surface area contributed by atoms with Crippen molar-refractivity contribution in [3.63, 3.8) is 0 Å². The van der Waals surface area contributed by atoms with Gasteiger partial charge in [-0.05, 0) is 39.0 Å². The van der Waals surface area contributed by atoms with Gasteiger partial charge < -0.3 is 4.74 Å². The molecule has 0 bridgehead atoms. The molecule has 0 fully saturated rings. The average molecular weight is 365 g/mol. The molecule has 2 amide bonds. The lowest BCUT2D eigenvalue weighted by atomic mass is 10.1. The SMILES string of the molecule is CC(OC(=O)c1ccc2c(c1)C(=O)N(C(C)C)C2=O)C(=O)c1ccccc1. The smallest absolute Gasteiger partial charge is 0.338 e. The highest BCUT2D eigenvalue weighted by molar-refractivity contribution is 6.22. The summed E-state index contributed by atoms with van der Waals surface area (Å²) >= 11 is 0. The number of esters is 1. The molecular formula is C21H19NO5. The molecule has 1 heterocycles. The maximum Gasteiger partial charge on any atom is 0.338 e. The fourth-order valence-corrected chi connectivity index (χ4v) is 2.97. The lowest BCUT2D eigenvalue weighted by molar-refractivity contribution is 0.0318. The zero-order valence-corrected chi connectivity index (χ0v) is 15.3. The molecule has 0 radical (unpaired) electrons. The van der Waals surface area contributed by atoms with Crippen LogP contribution in [-0.4, -0.2) is 40.6 Å². The largest absolute Gasteiger partial charge is 0.451 e. The predicted molar refractivity (Wildman–Crippen MR) is 97.7 cm³/mol. The van der Waals surface area contributed by atoms with Crippen LogP contribution in [0.2, 0.25) is 0 Å². The zero-order chi connectivity index (χ0) is 19.7. The van der Waals surface area contributed by atoms with E-state index in [9.17, 15) is 19.2 Å². The van der Waals surface area contributed by atoms with E-state index in [0.29, 0.717) is 5.56 Å². The Hall–Kier alpha value is -3.28. The summed E-state index contributed by atoms with van der Waals surface area (Å²) in [4.78, 5) is 50.6. The van der Waals surface area contributed by atoms with Gasteiger partial charge in [-0.3, -0.25) is 19.3 Å². The summed E-state index contributed by atoms with van der Waals surface area (Å²) in [5.41, 5.74) is 0.997. The van der Waals surface area contributed by atoms with Crippen LogP contribution < -0.4 is 0 Å². The number of rotatable bonds is 5. The Balaban J connectivity index is 1.79. The summed E-state index contributed by atoms with van der Waals surface area (Å²) in [5.74, 6) is -1.86. The van der Waals surface area contributed by atoms with Gasteiger partial charge in [-0.2, -0.15) is 0 Å². The summed E-state index contributed by atoms with van der Waals surface area (Å²) in [7, 11) is 0. The van der Waals surface area contributed by atoms with E-state index in [4.69, 9.17) is 4.74 Å². The quantitative estimate of drug-likeness (QED) is 0.462. The van der Waals surface area contributed by atoms with E-state index in [0.717, 1.165) is 4.90 Å². The van der Waals surface area contributed by atoms with Crippen molar-refractivity contribution >= 4 is 23.6 Å². The Kier molecular flexibility index (Phi) is 4.90. The second kappa shape index (κ2) is 7.15. The van der Waals surface area contributed by atoms with Crippen LogP contribution in [0.25, 0.3) is 0 Å². The molecule has 1 aliphatic heterocycles. The fourth-order valence-electron chi connectivity index (χ4n) is 2.97.